The maximum Gasteiger partial charge on any atom is 0.128 e. The van der Waals surface area contributed by atoms with Crippen molar-refractivity contribution in [1.82, 2.24) is 15.1 Å². The van der Waals surface area contributed by atoms with E-state index in [0.717, 1.165) is 28.7 Å². The molecule has 1 aromatic heterocycles. The molecule has 0 saturated carbocycles. The highest BCUT2D eigenvalue weighted by Gasteiger charge is 2.22. The number of benzene rings is 1. The maximum absolute atomic E-state index is 14.2. The third-order valence-electron chi connectivity index (χ3n) is 3.30. The molecular weight excluding hydrogens is 321 g/mol. The zero-order chi connectivity index (χ0) is 14.7. The summed E-state index contributed by atoms with van der Waals surface area (Å²) in [6.45, 7) is 4.80. The predicted octanol–water partition coefficient (Wildman–Crippen LogP) is 3.81. The highest BCUT2D eigenvalue weighted by atomic mass is 79.9. The van der Waals surface area contributed by atoms with E-state index in [1.165, 1.54) is 0 Å². The molecule has 0 amide bonds. The molecule has 1 heterocycles. The van der Waals surface area contributed by atoms with E-state index in [1.807, 2.05) is 30.8 Å². The zero-order valence-electron chi connectivity index (χ0n) is 12.0. The molecule has 1 N–H and O–H groups in total. The van der Waals surface area contributed by atoms with E-state index in [0.29, 0.717) is 5.56 Å². The first kappa shape index (κ1) is 15.2. The first-order valence-corrected chi connectivity index (χ1v) is 7.52. The molecular formula is C15H19BrFN3. The molecule has 0 aliphatic heterocycles. The van der Waals surface area contributed by atoms with Gasteiger partial charge in [-0.2, -0.15) is 5.10 Å². The summed E-state index contributed by atoms with van der Waals surface area (Å²) in [5.74, 6) is -0.194. The monoisotopic (exact) mass is 339 g/mol. The molecule has 0 fully saturated rings. The van der Waals surface area contributed by atoms with E-state index < -0.39 is 0 Å². The van der Waals surface area contributed by atoms with Crippen LogP contribution in [-0.4, -0.2) is 16.8 Å². The smallest absolute Gasteiger partial charge is 0.128 e. The molecule has 1 unspecified atom stereocenters. The van der Waals surface area contributed by atoms with Crippen LogP contribution in [0.3, 0.4) is 0 Å². The van der Waals surface area contributed by atoms with Gasteiger partial charge in [0.1, 0.15) is 5.82 Å². The molecule has 0 aliphatic carbocycles. The molecule has 5 heteroatoms. The average Bonchev–Trinajstić information content (AvgIpc) is 2.75. The van der Waals surface area contributed by atoms with Gasteiger partial charge in [0.05, 0.1) is 22.4 Å². The number of nitrogens with one attached hydrogen (secondary N) is 1. The molecule has 2 aromatic rings. The fraction of sp³-hybridized carbons (Fsp3) is 0.400. The standard InChI is InChI=1S/C15H19BrFN3/c1-4-7-20-15(12(16)9-19-20)14(18-3)11-6-5-10(2)8-13(11)17/h5-6,8-9,14,18H,4,7H2,1-3H3. The lowest BCUT2D eigenvalue weighted by atomic mass is 10.0. The van der Waals surface area contributed by atoms with E-state index in [4.69, 9.17) is 0 Å². The molecule has 1 atom stereocenters. The topological polar surface area (TPSA) is 29.9 Å². The quantitative estimate of drug-likeness (QED) is 0.897. The van der Waals surface area contributed by atoms with E-state index in [1.54, 1.807) is 12.3 Å². The Bertz CT molecular complexity index is 595. The number of aryl methyl sites for hydroxylation is 2. The highest BCUT2D eigenvalue weighted by Crippen LogP contribution is 2.30. The van der Waals surface area contributed by atoms with E-state index in [9.17, 15) is 4.39 Å². The summed E-state index contributed by atoms with van der Waals surface area (Å²) in [5.41, 5.74) is 2.51. The molecule has 3 nitrogen and oxygen atoms in total. The summed E-state index contributed by atoms with van der Waals surface area (Å²) in [6, 6.07) is 5.10. The second-order valence-electron chi connectivity index (χ2n) is 4.85. The Morgan fingerprint density at radius 1 is 1.45 bits per heavy atom. The highest BCUT2D eigenvalue weighted by molar-refractivity contribution is 9.10. The van der Waals surface area contributed by atoms with E-state index in [2.05, 4.69) is 33.3 Å². The summed E-state index contributed by atoms with van der Waals surface area (Å²) >= 11 is 3.52. The Kier molecular flexibility index (Phi) is 4.94. The van der Waals surface area contributed by atoms with Gasteiger partial charge in [0.2, 0.25) is 0 Å². The van der Waals surface area contributed by atoms with Gasteiger partial charge in [-0.05, 0) is 48.0 Å². The van der Waals surface area contributed by atoms with Crippen molar-refractivity contribution in [1.29, 1.82) is 0 Å². The van der Waals surface area contributed by atoms with E-state index >= 15 is 0 Å². The fourth-order valence-corrected chi connectivity index (χ4v) is 2.88. The molecule has 1 aromatic carbocycles. The number of halogens is 2. The maximum atomic E-state index is 14.2. The van der Waals surface area contributed by atoms with Crippen LogP contribution in [0.2, 0.25) is 0 Å². The Morgan fingerprint density at radius 2 is 2.20 bits per heavy atom. The van der Waals surface area contributed by atoms with Gasteiger partial charge in [-0.3, -0.25) is 4.68 Å². The molecule has 0 aliphatic rings. The number of hydrogen-bond donors (Lipinski definition) is 1. The van der Waals surface area contributed by atoms with Gasteiger partial charge in [0, 0.05) is 12.1 Å². The van der Waals surface area contributed by atoms with Crippen molar-refractivity contribution in [2.24, 2.45) is 0 Å². The van der Waals surface area contributed by atoms with Gasteiger partial charge >= 0.3 is 0 Å². The Balaban J connectivity index is 2.49. The summed E-state index contributed by atoms with van der Waals surface area (Å²) in [6.07, 6.45) is 2.75. The van der Waals surface area contributed by atoms with Gasteiger partial charge < -0.3 is 5.32 Å². The van der Waals surface area contributed by atoms with Gasteiger partial charge in [0.25, 0.3) is 0 Å². The van der Waals surface area contributed by atoms with Crippen molar-refractivity contribution >= 4 is 15.9 Å². The Labute approximate surface area is 127 Å². The van der Waals surface area contributed by atoms with Gasteiger partial charge in [0.15, 0.2) is 0 Å². The molecule has 0 spiro atoms. The minimum Gasteiger partial charge on any atom is -0.308 e. The van der Waals surface area contributed by atoms with Crippen LogP contribution in [0.4, 0.5) is 4.39 Å². The van der Waals surface area contributed by atoms with Crippen LogP contribution in [0.25, 0.3) is 0 Å². The average molecular weight is 340 g/mol. The van der Waals surface area contributed by atoms with Crippen molar-refractivity contribution < 1.29 is 4.39 Å². The van der Waals surface area contributed by atoms with Crippen molar-refractivity contribution in [2.45, 2.75) is 32.9 Å². The number of nitrogens with zero attached hydrogens (tertiary/aromatic N) is 2. The lowest BCUT2D eigenvalue weighted by Gasteiger charge is -2.20. The van der Waals surface area contributed by atoms with Crippen LogP contribution in [0, 0.1) is 12.7 Å². The molecule has 20 heavy (non-hydrogen) atoms. The summed E-state index contributed by atoms with van der Waals surface area (Å²) in [5, 5.41) is 7.54. The van der Waals surface area contributed by atoms with Crippen molar-refractivity contribution in [3.8, 4) is 0 Å². The Morgan fingerprint density at radius 3 is 2.80 bits per heavy atom. The normalized spacial score (nSPS) is 12.7. The zero-order valence-corrected chi connectivity index (χ0v) is 13.5. The number of rotatable bonds is 5. The predicted molar refractivity (Wildman–Crippen MR) is 82.3 cm³/mol. The van der Waals surface area contributed by atoms with Crippen LogP contribution in [-0.2, 0) is 6.54 Å². The molecule has 0 saturated heterocycles. The molecule has 0 radical (unpaired) electrons. The van der Waals surface area contributed by atoms with Crippen LogP contribution in [0.1, 0.15) is 36.2 Å². The lowest BCUT2D eigenvalue weighted by Crippen LogP contribution is -2.23. The third kappa shape index (κ3) is 2.94. The Hall–Kier alpha value is -1.20. The van der Waals surface area contributed by atoms with Crippen molar-refractivity contribution in [3.63, 3.8) is 0 Å². The minimum absolute atomic E-state index is 0.194. The van der Waals surface area contributed by atoms with Gasteiger partial charge in [-0.25, -0.2) is 4.39 Å². The molecule has 0 bridgehead atoms. The second kappa shape index (κ2) is 6.50. The van der Waals surface area contributed by atoms with Crippen molar-refractivity contribution in [2.75, 3.05) is 7.05 Å². The van der Waals surface area contributed by atoms with Crippen LogP contribution in [0.15, 0.2) is 28.9 Å². The second-order valence-corrected chi connectivity index (χ2v) is 5.70. The first-order chi connectivity index (χ1) is 9.58. The van der Waals surface area contributed by atoms with Crippen LogP contribution >= 0.6 is 15.9 Å². The third-order valence-corrected chi connectivity index (χ3v) is 3.91. The summed E-state index contributed by atoms with van der Waals surface area (Å²) in [4.78, 5) is 0. The van der Waals surface area contributed by atoms with Crippen LogP contribution in [0.5, 0.6) is 0 Å². The van der Waals surface area contributed by atoms with Gasteiger partial charge in [-0.15, -0.1) is 0 Å². The lowest BCUT2D eigenvalue weighted by molar-refractivity contribution is 0.514. The molecule has 108 valence electrons. The van der Waals surface area contributed by atoms with Crippen LogP contribution < -0.4 is 5.32 Å². The van der Waals surface area contributed by atoms with Gasteiger partial charge in [-0.1, -0.05) is 19.1 Å². The molecule has 2 rings (SSSR count). The van der Waals surface area contributed by atoms with E-state index in [-0.39, 0.29) is 11.9 Å². The number of aromatic nitrogens is 2. The summed E-state index contributed by atoms with van der Waals surface area (Å²) < 4.78 is 17.1. The number of hydrogen-bond acceptors (Lipinski definition) is 2. The minimum atomic E-state index is -0.223. The summed E-state index contributed by atoms with van der Waals surface area (Å²) in [7, 11) is 1.83. The largest absolute Gasteiger partial charge is 0.308 e. The SMILES string of the molecule is CCCn1ncc(Br)c1C(NC)c1ccc(C)cc1F. The first-order valence-electron chi connectivity index (χ1n) is 6.73. The fourth-order valence-electron chi connectivity index (χ4n) is 2.35. The van der Waals surface area contributed by atoms with Crippen molar-refractivity contribution in [3.05, 3.63) is 51.5 Å².